The smallest absolute Gasteiger partial charge is 0.325 e. The molecule has 0 unspecified atom stereocenters. The van der Waals surface area contributed by atoms with E-state index < -0.39 is 11.8 Å². The Morgan fingerprint density at radius 1 is 1.38 bits per heavy atom. The Kier molecular flexibility index (Phi) is 6.94. The first kappa shape index (κ1) is 17.2. The quantitative estimate of drug-likeness (QED) is 0.724. The molecule has 0 atom stereocenters. The maximum atomic E-state index is 12.9. The van der Waals surface area contributed by atoms with E-state index in [0.29, 0.717) is 13.0 Å². The largest absolute Gasteiger partial charge is 0.482 e. The molecule has 0 saturated carbocycles. The van der Waals surface area contributed by atoms with Crippen LogP contribution in [-0.4, -0.2) is 43.6 Å². The minimum absolute atomic E-state index is 0.0813. The van der Waals surface area contributed by atoms with Gasteiger partial charge in [0.25, 0.3) is 5.91 Å². The number of benzene rings is 1. The van der Waals surface area contributed by atoms with Gasteiger partial charge in [-0.05, 0) is 24.6 Å². The Morgan fingerprint density at radius 2 is 2.10 bits per heavy atom. The van der Waals surface area contributed by atoms with Gasteiger partial charge >= 0.3 is 5.97 Å². The highest BCUT2D eigenvalue weighted by molar-refractivity contribution is 6.32. The van der Waals surface area contributed by atoms with E-state index in [1.54, 1.807) is 0 Å². The summed E-state index contributed by atoms with van der Waals surface area (Å²) in [5.41, 5.74) is 0. The molecule has 0 aromatic heterocycles. The van der Waals surface area contributed by atoms with Crippen LogP contribution in [0.3, 0.4) is 0 Å². The van der Waals surface area contributed by atoms with Crippen molar-refractivity contribution in [1.82, 2.24) is 4.90 Å². The number of carbonyl (C=O) groups is 2. The third kappa shape index (κ3) is 5.59. The van der Waals surface area contributed by atoms with Crippen LogP contribution in [0.15, 0.2) is 18.2 Å². The van der Waals surface area contributed by atoms with Crippen molar-refractivity contribution in [2.24, 2.45) is 0 Å². The lowest BCUT2D eigenvalue weighted by Crippen LogP contribution is -2.39. The van der Waals surface area contributed by atoms with Gasteiger partial charge in [0.05, 0.1) is 12.1 Å². The fourth-order valence-electron chi connectivity index (χ4n) is 1.61. The molecule has 1 rings (SSSR count). The summed E-state index contributed by atoms with van der Waals surface area (Å²) in [5.74, 6) is -1.16. The molecule has 0 spiro atoms. The van der Waals surface area contributed by atoms with Crippen LogP contribution >= 0.6 is 11.6 Å². The molecule has 0 aliphatic rings. The summed E-state index contributed by atoms with van der Waals surface area (Å²) in [4.78, 5) is 24.6. The number of methoxy groups -OCH3 is 1. The van der Waals surface area contributed by atoms with Crippen molar-refractivity contribution in [3.8, 4) is 5.75 Å². The minimum Gasteiger partial charge on any atom is -0.482 e. The molecular formula is C14H17ClFNO4. The molecule has 0 fully saturated rings. The zero-order chi connectivity index (χ0) is 15.8. The van der Waals surface area contributed by atoms with Crippen LogP contribution in [0.1, 0.15) is 13.3 Å². The number of hydrogen-bond donors (Lipinski definition) is 0. The molecule has 1 aromatic carbocycles. The van der Waals surface area contributed by atoms with Gasteiger partial charge < -0.3 is 14.4 Å². The molecule has 21 heavy (non-hydrogen) atoms. The summed E-state index contributed by atoms with van der Waals surface area (Å²) in [5, 5.41) is 0.0813. The number of esters is 1. The summed E-state index contributed by atoms with van der Waals surface area (Å²) < 4.78 is 22.7. The van der Waals surface area contributed by atoms with Crippen LogP contribution in [0.2, 0.25) is 5.02 Å². The molecule has 1 aromatic rings. The van der Waals surface area contributed by atoms with E-state index >= 15 is 0 Å². The highest BCUT2D eigenvalue weighted by Crippen LogP contribution is 2.24. The van der Waals surface area contributed by atoms with E-state index in [2.05, 4.69) is 4.74 Å². The van der Waals surface area contributed by atoms with Crippen molar-refractivity contribution in [2.75, 3.05) is 26.8 Å². The van der Waals surface area contributed by atoms with Gasteiger partial charge in [0.15, 0.2) is 6.61 Å². The highest BCUT2D eigenvalue weighted by Gasteiger charge is 2.17. The number of rotatable bonds is 7. The van der Waals surface area contributed by atoms with Crippen molar-refractivity contribution < 1.29 is 23.5 Å². The lowest BCUT2D eigenvalue weighted by atomic mass is 10.3. The predicted molar refractivity (Wildman–Crippen MR) is 75.8 cm³/mol. The summed E-state index contributed by atoms with van der Waals surface area (Å²) in [6, 6.07) is 3.62. The Hall–Kier alpha value is -1.82. The number of ether oxygens (including phenoxy) is 2. The van der Waals surface area contributed by atoms with Gasteiger partial charge in [0.2, 0.25) is 0 Å². The molecule has 0 saturated heterocycles. The zero-order valence-corrected chi connectivity index (χ0v) is 12.7. The molecule has 0 bridgehead atoms. The Balaban J connectivity index is 2.62. The maximum absolute atomic E-state index is 12.9. The number of hydrogen-bond acceptors (Lipinski definition) is 4. The maximum Gasteiger partial charge on any atom is 0.325 e. The first-order valence-corrected chi connectivity index (χ1v) is 6.78. The van der Waals surface area contributed by atoms with E-state index in [4.69, 9.17) is 16.3 Å². The van der Waals surface area contributed by atoms with Gasteiger partial charge in [-0.1, -0.05) is 18.5 Å². The standard InChI is InChI=1S/C14H17ClFNO4/c1-3-6-17(8-14(19)20-2)13(18)9-21-12-5-4-10(16)7-11(12)15/h4-5,7H,3,6,8-9H2,1-2H3. The van der Waals surface area contributed by atoms with Crippen molar-refractivity contribution in [3.63, 3.8) is 0 Å². The summed E-state index contributed by atoms with van der Waals surface area (Å²) >= 11 is 5.80. The highest BCUT2D eigenvalue weighted by atomic mass is 35.5. The van der Waals surface area contributed by atoms with Gasteiger partial charge in [-0.3, -0.25) is 9.59 Å². The fraction of sp³-hybridized carbons (Fsp3) is 0.429. The first-order valence-electron chi connectivity index (χ1n) is 6.40. The monoisotopic (exact) mass is 317 g/mol. The SMILES string of the molecule is CCCN(CC(=O)OC)C(=O)COc1ccc(F)cc1Cl. The minimum atomic E-state index is -0.503. The van der Waals surface area contributed by atoms with Crippen LogP contribution in [0.25, 0.3) is 0 Å². The Morgan fingerprint density at radius 3 is 2.67 bits per heavy atom. The first-order chi connectivity index (χ1) is 9.97. The van der Waals surface area contributed by atoms with Crippen molar-refractivity contribution in [3.05, 3.63) is 29.0 Å². The van der Waals surface area contributed by atoms with Gasteiger partial charge in [0, 0.05) is 6.54 Å². The summed E-state index contributed by atoms with van der Waals surface area (Å²) in [6.07, 6.45) is 0.694. The van der Waals surface area contributed by atoms with Crippen LogP contribution in [0, 0.1) is 5.82 Å². The van der Waals surface area contributed by atoms with Crippen LogP contribution < -0.4 is 4.74 Å². The number of nitrogens with zero attached hydrogens (tertiary/aromatic N) is 1. The van der Waals surface area contributed by atoms with E-state index in [0.717, 1.165) is 6.07 Å². The molecule has 0 radical (unpaired) electrons. The fourth-order valence-corrected chi connectivity index (χ4v) is 1.83. The number of carbonyl (C=O) groups excluding carboxylic acids is 2. The van der Waals surface area contributed by atoms with Crippen molar-refractivity contribution in [1.29, 1.82) is 0 Å². The molecule has 116 valence electrons. The second-order valence-corrected chi connectivity index (χ2v) is 4.66. The van der Waals surface area contributed by atoms with Crippen LogP contribution in [-0.2, 0) is 14.3 Å². The second-order valence-electron chi connectivity index (χ2n) is 4.25. The van der Waals surface area contributed by atoms with E-state index in [1.807, 2.05) is 6.92 Å². The molecule has 0 aliphatic heterocycles. The Labute approximate surface area is 127 Å². The zero-order valence-electron chi connectivity index (χ0n) is 11.9. The second kappa shape index (κ2) is 8.46. The van der Waals surface area contributed by atoms with Crippen molar-refractivity contribution in [2.45, 2.75) is 13.3 Å². The van der Waals surface area contributed by atoms with Crippen LogP contribution in [0.4, 0.5) is 4.39 Å². The molecule has 7 heteroatoms. The molecule has 5 nitrogen and oxygen atoms in total. The molecule has 1 amide bonds. The Bertz CT molecular complexity index is 510. The number of halogens is 2. The van der Waals surface area contributed by atoms with E-state index in [9.17, 15) is 14.0 Å². The average molecular weight is 318 g/mol. The van der Waals surface area contributed by atoms with Gasteiger partial charge in [-0.25, -0.2) is 4.39 Å². The third-order valence-electron chi connectivity index (χ3n) is 2.64. The van der Waals surface area contributed by atoms with Gasteiger partial charge in [-0.15, -0.1) is 0 Å². The van der Waals surface area contributed by atoms with Crippen LogP contribution in [0.5, 0.6) is 5.75 Å². The lowest BCUT2D eigenvalue weighted by Gasteiger charge is -2.21. The molecular weight excluding hydrogens is 301 g/mol. The number of amides is 1. The van der Waals surface area contributed by atoms with E-state index in [-0.39, 0.29) is 29.8 Å². The van der Waals surface area contributed by atoms with Gasteiger partial charge in [0.1, 0.15) is 18.1 Å². The molecule has 0 aliphatic carbocycles. The third-order valence-corrected chi connectivity index (χ3v) is 2.93. The summed E-state index contributed by atoms with van der Waals surface area (Å²) in [6.45, 7) is 1.87. The average Bonchev–Trinajstić information content (AvgIpc) is 2.45. The molecule has 0 N–H and O–H groups in total. The van der Waals surface area contributed by atoms with Gasteiger partial charge in [-0.2, -0.15) is 0 Å². The predicted octanol–water partition coefficient (Wildman–Crippen LogP) is 2.27. The lowest BCUT2D eigenvalue weighted by molar-refractivity contribution is -0.147. The normalized spacial score (nSPS) is 10.1. The summed E-state index contributed by atoms with van der Waals surface area (Å²) in [7, 11) is 1.26. The van der Waals surface area contributed by atoms with Crippen molar-refractivity contribution >= 4 is 23.5 Å². The molecule has 0 heterocycles. The van der Waals surface area contributed by atoms with E-state index in [1.165, 1.54) is 24.1 Å². The topological polar surface area (TPSA) is 55.8 Å².